The fourth-order valence-corrected chi connectivity index (χ4v) is 4.03. The highest BCUT2D eigenvalue weighted by Gasteiger charge is 2.28. The summed E-state index contributed by atoms with van der Waals surface area (Å²) < 4.78 is 11.3. The summed E-state index contributed by atoms with van der Waals surface area (Å²) in [6, 6.07) is 10.2. The van der Waals surface area contributed by atoms with Crippen molar-refractivity contribution in [2.24, 2.45) is 0 Å². The quantitative estimate of drug-likeness (QED) is 0.435. The molecule has 0 saturated carbocycles. The van der Waals surface area contributed by atoms with E-state index < -0.39 is 6.04 Å². The molecule has 2 aromatic carbocycles. The van der Waals surface area contributed by atoms with Crippen molar-refractivity contribution in [3.8, 4) is 11.5 Å². The molecule has 1 unspecified atom stereocenters. The van der Waals surface area contributed by atoms with Crippen LogP contribution < -0.4 is 14.8 Å². The van der Waals surface area contributed by atoms with Crippen LogP contribution in [0, 0.1) is 0 Å². The Kier molecular flexibility index (Phi) is 10.8. The van der Waals surface area contributed by atoms with Crippen LogP contribution in [0.15, 0.2) is 36.4 Å². The summed E-state index contributed by atoms with van der Waals surface area (Å²) in [7, 11) is 1.57. The number of carbonyl (C=O) groups excluding carboxylic acids is 2. The standard InChI is InChI=1S/C25H32Cl2N2O4/c1-5-21(25(31)28-4)29(16-18-10-11-19(26)15-20(18)27)24(30)13-9-17-8-12-22(32-6-2)23(14-17)33-7-3/h8,10-12,14-15,21H,5-7,9,13,16H2,1-4H3,(H,28,31). The summed E-state index contributed by atoms with van der Waals surface area (Å²) >= 11 is 12.4. The third-order valence-corrected chi connectivity index (χ3v) is 5.81. The molecule has 6 nitrogen and oxygen atoms in total. The second-order valence-electron chi connectivity index (χ2n) is 7.44. The van der Waals surface area contributed by atoms with Gasteiger partial charge in [-0.05, 0) is 62.1 Å². The molecule has 0 aromatic heterocycles. The molecule has 0 aliphatic carbocycles. The van der Waals surface area contributed by atoms with Gasteiger partial charge in [-0.15, -0.1) is 0 Å². The maximum absolute atomic E-state index is 13.3. The Labute approximate surface area is 206 Å². The number of benzene rings is 2. The van der Waals surface area contributed by atoms with Crippen LogP contribution in [0.5, 0.6) is 11.5 Å². The summed E-state index contributed by atoms with van der Waals surface area (Å²) in [5, 5.41) is 3.63. The summed E-state index contributed by atoms with van der Waals surface area (Å²) in [6.07, 6.45) is 1.22. The monoisotopic (exact) mass is 494 g/mol. The van der Waals surface area contributed by atoms with Crippen LogP contribution in [0.3, 0.4) is 0 Å². The largest absolute Gasteiger partial charge is 0.490 e. The molecular weight excluding hydrogens is 463 g/mol. The van der Waals surface area contributed by atoms with Gasteiger partial charge in [-0.1, -0.05) is 42.3 Å². The average Bonchev–Trinajstić information content (AvgIpc) is 2.80. The minimum atomic E-state index is -0.603. The molecular formula is C25H32Cl2N2O4. The van der Waals surface area contributed by atoms with E-state index in [-0.39, 0.29) is 24.8 Å². The Bertz CT molecular complexity index is 952. The molecule has 1 atom stereocenters. The van der Waals surface area contributed by atoms with E-state index in [0.29, 0.717) is 47.6 Å². The first-order valence-corrected chi connectivity index (χ1v) is 11.9. The predicted octanol–water partition coefficient (Wildman–Crippen LogP) is 5.28. The Morgan fingerprint density at radius 2 is 1.70 bits per heavy atom. The summed E-state index contributed by atoms with van der Waals surface area (Å²) in [4.78, 5) is 27.4. The van der Waals surface area contributed by atoms with Gasteiger partial charge in [-0.3, -0.25) is 9.59 Å². The highest BCUT2D eigenvalue weighted by molar-refractivity contribution is 6.35. The zero-order valence-corrected chi connectivity index (χ0v) is 21.1. The number of aryl methyl sites for hydroxylation is 1. The maximum Gasteiger partial charge on any atom is 0.242 e. The topological polar surface area (TPSA) is 67.9 Å². The maximum atomic E-state index is 13.3. The number of amides is 2. The van der Waals surface area contributed by atoms with Crippen LogP contribution in [0.2, 0.25) is 10.0 Å². The molecule has 0 aliphatic rings. The Morgan fingerprint density at radius 1 is 1.00 bits per heavy atom. The van der Waals surface area contributed by atoms with Gasteiger partial charge in [0.15, 0.2) is 11.5 Å². The Morgan fingerprint density at radius 3 is 2.30 bits per heavy atom. The second-order valence-corrected chi connectivity index (χ2v) is 8.29. The molecule has 1 N–H and O–H groups in total. The molecule has 8 heteroatoms. The molecule has 0 aliphatic heterocycles. The van der Waals surface area contributed by atoms with Gasteiger partial charge in [0.05, 0.1) is 13.2 Å². The zero-order chi connectivity index (χ0) is 24.4. The van der Waals surface area contributed by atoms with Crippen LogP contribution >= 0.6 is 23.2 Å². The van der Waals surface area contributed by atoms with E-state index in [9.17, 15) is 9.59 Å². The number of rotatable bonds is 12. The van der Waals surface area contributed by atoms with Crippen molar-refractivity contribution in [1.82, 2.24) is 10.2 Å². The fourth-order valence-electron chi connectivity index (χ4n) is 3.57. The molecule has 2 aromatic rings. The lowest BCUT2D eigenvalue weighted by atomic mass is 10.1. The molecule has 2 rings (SSSR count). The fraction of sp³-hybridized carbons (Fsp3) is 0.440. The van der Waals surface area contributed by atoms with E-state index in [0.717, 1.165) is 11.1 Å². The van der Waals surface area contributed by atoms with Crippen molar-refractivity contribution >= 4 is 35.0 Å². The van der Waals surface area contributed by atoms with Crippen LogP contribution in [0.25, 0.3) is 0 Å². The number of hydrogen-bond donors (Lipinski definition) is 1. The van der Waals surface area contributed by atoms with Gasteiger partial charge in [-0.2, -0.15) is 0 Å². The first kappa shape index (κ1) is 26.8. The number of nitrogens with one attached hydrogen (secondary N) is 1. The van der Waals surface area contributed by atoms with Gasteiger partial charge in [0.2, 0.25) is 11.8 Å². The van der Waals surface area contributed by atoms with Crippen molar-refractivity contribution in [3.63, 3.8) is 0 Å². The normalized spacial score (nSPS) is 11.6. The second kappa shape index (κ2) is 13.3. The van der Waals surface area contributed by atoms with E-state index in [1.807, 2.05) is 39.0 Å². The molecule has 0 bridgehead atoms. The van der Waals surface area contributed by atoms with Crippen LogP contribution in [-0.4, -0.2) is 43.0 Å². The van der Waals surface area contributed by atoms with E-state index >= 15 is 0 Å². The van der Waals surface area contributed by atoms with Crippen molar-refractivity contribution in [3.05, 3.63) is 57.6 Å². The lowest BCUT2D eigenvalue weighted by Gasteiger charge is -2.30. The number of ether oxygens (including phenoxy) is 2. The molecule has 0 radical (unpaired) electrons. The van der Waals surface area contributed by atoms with Gasteiger partial charge < -0.3 is 19.7 Å². The number of halogens is 2. The number of likely N-dealkylation sites (N-methyl/N-ethyl adjacent to an activating group) is 1. The van der Waals surface area contributed by atoms with Gasteiger partial charge in [-0.25, -0.2) is 0 Å². The summed E-state index contributed by atoms with van der Waals surface area (Å²) in [5.74, 6) is 0.990. The van der Waals surface area contributed by atoms with Gasteiger partial charge >= 0.3 is 0 Å². The van der Waals surface area contributed by atoms with E-state index in [1.54, 1.807) is 30.1 Å². The minimum Gasteiger partial charge on any atom is -0.490 e. The van der Waals surface area contributed by atoms with Crippen molar-refractivity contribution in [2.45, 2.75) is 52.6 Å². The molecule has 0 heterocycles. The van der Waals surface area contributed by atoms with Gasteiger partial charge in [0, 0.05) is 30.1 Å². The first-order chi connectivity index (χ1) is 15.8. The third kappa shape index (κ3) is 7.54. The molecule has 180 valence electrons. The highest BCUT2D eigenvalue weighted by atomic mass is 35.5. The van der Waals surface area contributed by atoms with Gasteiger partial charge in [0.25, 0.3) is 0 Å². The molecule has 33 heavy (non-hydrogen) atoms. The first-order valence-electron chi connectivity index (χ1n) is 11.2. The molecule has 0 fully saturated rings. The van der Waals surface area contributed by atoms with Gasteiger partial charge in [0.1, 0.15) is 6.04 Å². The number of nitrogens with zero attached hydrogens (tertiary/aromatic N) is 1. The zero-order valence-electron chi connectivity index (χ0n) is 19.6. The summed E-state index contributed by atoms with van der Waals surface area (Å²) in [5.41, 5.74) is 1.68. The third-order valence-electron chi connectivity index (χ3n) is 5.22. The van der Waals surface area contributed by atoms with Crippen LogP contribution in [0.4, 0.5) is 0 Å². The SMILES string of the molecule is CCOc1ccc(CCC(=O)N(Cc2ccc(Cl)cc2Cl)C(CC)C(=O)NC)cc1OCC. The van der Waals surface area contributed by atoms with Crippen molar-refractivity contribution in [2.75, 3.05) is 20.3 Å². The lowest BCUT2D eigenvalue weighted by Crippen LogP contribution is -2.48. The van der Waals surface area contributed by atoms with E-state index in [2.05, 4.69) is 5.32 Å². The molecule has 0 spiro atoms. The lowest BCUT2D eigenvalue weighted by molar-refractivity contribution is -0.141. The highest BCUT2D eigenvalue weighted by Crippen LogP contribution is 2.29. The van der Waals surface area contributed by atoms with Crippen molar-refractivity contribution in [1.29, 1.82) is 0 Å². The smallest absolute Gasteiger partial charge is 0.242 e. The Balaban J connectivity index is 2.23. The van der Waals surface area contributed by atoms with E-state index in [4.69, 9.17) is 32.7 Å². The molecule has 2 amide bonds. The summed E-state index contributed by atoms with van der Waals surface area (Å²) in [6.45, 7) is 6.98. The van der Waals surface area contributed by atoms with E-state index in [1.165, 1.54) is 0 Å². The van der Waals surface area contributed by atoms with Crippen LogP contribution in [-0.2, 0) is 22.6 Å². The van der Waals surface area contributed by atoms with Crippen molar-refractivity contribution < 1.29 is 19.1 Å². The number of carbonyl (C=O) groups is 2. The van der Waals surface area contributed by atoms with Crippen LogP contribution in [0.1, 0.15) is 44.7 Å². The predicted molar refractivity (Wildman–Crippen MR) is 132 cm³/mol. The Hall–Kier alpha value is -2.44. The average molecular weight is 495 g/mol. The minimum absolute atomic E-state index is 0.136. The number of hydrogen-bond acceptors (Lipinski definition) is 4. The molecule has 0 saturated heterocycles.